The summed E-state index contributed by atoms with van der Waals surface area (Å²) in [6, 6.07) is 14.6. The van der Waals surface area contributed by atoms with Crippen LogP contribution in [0, 0.1) is 5.92 Å². The van der Waals surface area contributed by atoms with Gasteiger partial charge in [0.1, 0.15) is 5.75 Å². The van der Waals surface area contributed by atoms with E-state index < -0.39 is 0 Å². The van der Waals surface area contributed by atoms with Gasteiger partial charge in [-0.2, -0.15) is 0 Å². The topological polar surface area (TPSA) is 67.4 Å². The van der Waals surface area contributed by atoms with Gasteiger partial charge in [-0.05, 0) is 56.5 Å². The first-order valence-corrected chi connectivity index (χ1v) is 8.96. The van der Waals surface area contributed by atoms with Gasteiger partial charge in [0, 0.05) is 18.0 Å². The van der Waals surface area contributed by atoms with Crippen LogP contribution in [-0.4, -0.2) is 17.9 Å². The first-order valence-electron chi connectivity index (χ1n) is 8.96. The summed E-state index contributed by atoms with van der Waals surface area (Å²) in [6.45, 7) is 4.38. The Balaban J connectivity index is 1.60. The molecule has 0 radical (unpaired) electrons. The van der Waals surface area contributed by atoms with E-state index in [4.69, 9.17) is 4.74 Å². The van der Waals surface area contributed by atoms with Crippen molar-refractivity contribution < 1.29 is 14.3 Å². The Kier molecular flexibility index (Phi) is 5.56. The number of hydrogen-bond donors (Lipinski definition) is 2. The molecule has 0 unspecified atom stereocenters. The molecule has 136 valence electrons. The number of carbonyl (C=O) groups is 2. The molecule has 2 aromatic carbocycles. The fraction of sp³-hybridized carbons (Fsp3) is 0.333. The van der Waals surface area contributed by atoms with Gasteiger partial charge in [0.25, 0.3) is 5.91 Å². The summed E-state index contributed by atoms with van der Waals surface area (Å²) < 4.78 is 5.72. The van der Waals surface area contributed by atoms with Crippen LogP contribution in [0.3, 0.4) is 0 Å². The minimum atomic E-state index is -0.196. The van der Waals surface area contributed by atoms with E-state index in [1.54, 1.807) is 12.1 Å². The predicted molar refractivity (Wildman–Crippen MR) is 101 cm³/mol. The van der Waals surface area contributed by atoms with Crippen molar-refractivity contribution in [2.24, 2.45) is 5.92 Å². The smallest absolute Gasteiger partial charge is 0.255 e. The number of anilines is 1. The SMILES string of the molecule is CC(C)Oc1ccccc1NC(=O)c1ccc(CNC(=O)C2CC2)cc1. The molecule has 0 spiro atoms. The Morgan fingerprint density at radius 2 is 1.77 bits per heavy atom. The van der Waals surface area contributed by atoms with E-state index in [9.17, 15) is 9.59 Å². The van der Waals surface area contributed by atoms with Crippen molar-refractivity contribution in [2.75, 3.05) is 5.32 Å². The molecule has 5 heteroatoms. The fourth-order valence-electron chi connectivity index (χ4n) is 2.57. The Labute approximate surface area is 153 Å². The highest BCUT2D eigenvalue weighted by molar-refractivity contribution is 6.05. The molecule has 1 aliphatic rings. The van der Waals surface area contributed by atoms with Gasteiger partial charge in [-0.15, -0.1) is 0 Å². The van der Waals surface area contributed by atoms with Gasteiger partial charge < -0.3 is 15.4 Å². The standard InChI is InChI=1S/C21H24N2O3/c1-14(2)26-19-6-4-3-5-18(19)23-21(25)17-9-7-15(8-10-17)13-22-20(24)16-11-12-16/h3-10,14,16H,11-13H2,1-2H3,(H,22,24)(H,23,25). The molecule has 0 aliphatic heterocycles. The van der Waals surface area contributed by atoms with Gasteiger partial charge in [-0.1, -0.05) is 24.3 Å². The molecule has 1 aliphatic carbocycles. The summed E-state index contributed by atoms with van der Waals surface area (Å²) in [5.74, 6) is 0.774. The molecule has 2 aromatic rings. The number of benzene rings is 2. The van der Waals surface area contributed by atoms with E-state index in [-0.39, 0.29) is 23.8 Å². The minimum absolute atomic E-state index is 0.0261. The molecule has 0 heterocycles. The highest BCUT2D eigenvalue weighted by atomic mass is 16.5. The van der Waals surface area contributed by atoms with Gasteiger partial charge in [-0.3, -0.25) is 9.59 Å². The highest BCUT2D eigenvalue weighted by Crippen LogP contribution is 2.29. The van der Waals surface area contributed by atoms with Crippen molar-refractivity contribution in [3.8, 4) is 5.75 Å². The maximum absolute atomic E-state index is 12.5. The normalized spacial score (nSPS) is 13.3. The second kappa shape index (κ2) is 8.04. The van der Waals surface area contributed by atoms with E-state index >= 15 is 0 Å². The molecule has 3 rings (SSSR count). The zero-order valence-corrected chi connectivity index (χ0v) is 15.1. The number of rotatable bonds is 7. The van der Waals surface area contributed by atoms with Crippen LogP contribution in [0.25, 0.3) is 0 Å². The van der Waals surface area contributed by atoms with Gasteiger partial charge >= 0.3 is 0 Å². The Morgan fingerprint density at radius 3 is 2.42 bits per heavy atom. The van der Waals surface area contributed by atoms with Gasteiger partial charge in [0.05, 0.1) is 11.8 Å². The summed E-state index contributed by atoms with van der Waals surface area (Å²) in [5, 5.41) is 5.81. The molecule has 2 amide bonds. The molecule has 2 N–H and O–H groups in total. The Morgan fingerprint density at radius 1 is 1.08 bits per heavy atom. The van der Waals surface area contributed by atoms with Crippen LogP contribution in [-0.2, 0) is 11.3 Å². The molecule has 0 saturated heterocycles. The molecule has 26 heavy (non-hydrogen) atoms. The summed E-state index contributed by atoms with van der Waals surface area (Å²) in [7, 11) is 0. The molecule has 1 saturated carbocycles. The third-order valence-corrected chi connectivity index (χ3v) is 4.13. The second-order valence-electron chi connectivity index (χ2n) is 6.81. The van der Waals surface area contributed by atoms with Crippen LogP contribution in [0.1, 0.15) is 42.6 Å². The summed E-state index contributed by atoms with van der Waals surface area (Å²) in [4.78, 5) is 24.2. The highest BCUT2D eigenvalue weighted by Gasteiger charge is 2.29. The first kappa shape index (κ1) is 18.0. The first-order chi connectivity index (χ1) is 12.5. The maximum Gasteiger partial charge on any atom is 0.255 e. The number of nitrogens with one attached hydrogen (secondary N) is 2. The van der Waals surface area contributed by atoms with Gasteiger partial charge in [0.15, 0.2) is 0 Å². The lowest BCUT2D eigenvalue weighted by atomic mass is 10.1. The van der Waals surface area contributed by atoms with Gasteiger partial charge in [-0.25, -0.2) is 0 Å². The van der Waals surface area contributed by atoms with E-state index in [1.807, 2.05) is 50.2 Å². The van der Waals surface area contributed by atoms with Crippen LogP contribution in [0.2, 0.25) is 0 Å². The van der Waals surface area contributed by atoms with Crippen LogP contribution >= 0.6 is 0 Å². The van der Waals surface area contributed by atoms with E-state index in [0.29, 0.717) is 23.5 Å². The quantitative estimate of drug-likeness (QED) is 0.797. The third kappa shape index (κ3) is 4.85. The van der Waals surface area contributed by atoms with Crippen LogP contribution < -0.4 is 15.4 Å². The number of ether oxygens (including phenoxy) is 1. The lowest BCUT2D eigenvalue weighted by Gasteiger charge is -2.15. The minimum Gasteiger partial charge on any atom is -0.489 e. The van der Waals surface area contributed by atoms with Gasteiger partial charge in [0.2, 0.25) is 5.91 Å². The fourth-order valence-corrected chi connectivity index (χ4v) is 2.57. The predicted octanol–water partition coefficient (Wildman–Crippen LogP) is 3.75. The average molecular weight is 352 g/mol. The summed E-state index contributed by atoms with van der Waals surface area (Å²) >= 11 is 0. The second-order valence-corrected chi connectivity index (χ2v) is 6.81. The summed E-state index contributed by atoms with van der Waals surface area (Å²) in [6.07, 6.45) is 2.01. The van der Waals surface area contributed by atoms with Crippen molar-refractivity contribution in [2.45, 2.75) is 39.3 Å². The van der Waals surface area contributed by atoms with E-state index in [1.165, 1.54) is 0 Å². The third-order valence-electron chi connectivity index (χ3n) is 4.13. The summed E-state index contributed by atoms with van der Waals surface area (Å²) in [5.41, 5.74) is 2.17. The molecule has 5 nitrogen and oxygen atoms in total. The largest absolute Gasteiger partial charge is 0.489 e. The van der Waals surface area contributed by atoms with Crippen molar-refractivity contribution in [3.05, 3.63) is 59.7 Å². The van der Waals surface area contributed by atoms with Crippen molar-refractivity contribution in [1.82, 2.24) is 5.32 Å². The number of para-hydroxylation sites is 2. The Bertz CT molecular complexity index is 780. The lowest BCUT2D eigenvalue weighted by Crippen LogP contribution is -2.24. The van der Waals surface area contributed by atoms with Crippen LogP contribution in [0.15, 0.2) is 48.5 Å². The van der Waals surface area contributed by atoms with Crippen molar-refractivity contribution in [3.63, 3.8) is 0 Å². The van der Waals surface area contributed by atoms with E-state index in [2.05, 4.69) is 10.6 Å². The molecular formula is C21H24N2O3. The molecule has 0 aromatic heterocycles. The van der Waals surface area contributed by atoms with Crippen molar-refractivity contribution in [1.29, 1.82) is 0 Å². The van der Waals surface area contributed by atoms with Crippen LogP contribution in [0.5, 0.6) is 5.75 Å². The molecule has 0 bridgehead atoms. The molecular weight excluding hydrogens is 328 g/mol. The lowest BCUT2D eigenvalue weighted by molar-refractivity contribution is -0.122. The number of amides is 2. The monoisotopic (exact) mass is 352 g/mol. The number of hydrogen-bond acceptors (Lipinski definition) is 3. The van der Waals surface area contributed by atoms with E-state index in [0.717, 1.165) is 18.4 Å². The Hall–Kier alpha value is -2.82. The molecule has 0 atom stereocenters. The zero-order valence-electron chi connectivity index (χ0n) is 15.1. The average Bonchev–Trinajstić information content (AvgIpc) is 3.46. The van der Waals surface area contributed by atoms with Crippen molar-refractivity contribution >= 4 is 17.5 Å². The van der Waals surface area contributed by atoms with Crippen LogP contribution in [0.4, 0.5) is 5.69 Å². The maximum atomic E-state index is 12.5. The molecule has 1 fully saturated rings. The number of carbonyl (C=O) groups excluding carboxylic acids is 2. The zero-order chi connectivity index (χ0) is 18.5.